The van der Waals surface area contributed by atoms with Crippen LogP contribution in [0.25, 0.3) is 10.9 Å². The van der Waals surface area contributed by atoms with Crippen molar-refractivity contribution in [3.05, 3.63) is 63.5 Å². The molecule has 0 spiro atoms. The average Bonchev–Trinajstić information content (AvgIpc) is 2.48. The van der Waals surface area contributed by atoms with E-state index in [1.165, 1.54) is 5.56 Å². The SMILES string of the molecule is Cc1cc(CNc2cnc(Cl)c(Br)c2)c2ccccc2n1. The van der Waals surface area contributed by atoms with E-state index >= 15 is 0 Å². The fourth-order valence-corrected chi connectivity index (χ4v) is 2.71. The number of aryl methyl sites for hydroxylation is 1. The van der Waals surface area contributed by atoms with Crippen molar-refractivity contribution in [2.45, 2.75) is 13.5 Å². The third-order valence-electron chi connectivity index (χ3n) is 3.21. The molecule has 21 heavy (non-hydrogen) atoms. The van der Waals surface area contributed by atoms with E-state index in [1.807, 2.05) is 31.2 Å². The van der Waals surface area contributed by atoms with Crippen molar-refractivity contribution in [2.24, 2.45) is 0 Å². The van der Waals surface area contributed by atoms with Gasteiger partial charge in [-0.25, -0.2) is 4.98 Å². The predicted octanol–water partition coefficient (Wildman–Crippen LogP) is 4.97. The molecule has 2 heterocycles. The summed E-state index contributed by atoms with van der Waals surface area (Å²) in [4.78, 5) is 8.67. The molecule has 0 radical (unpaired) electrons. The van der Waals surface area contributed by atoms with Crippen LogP contribution in [0.3, 0.4) is 0 Å². The van der Waals surface area contributed by atoms with Crippen LogP contribution in [-0.4, -0.2) is 9.97 Å². The lowest BCUT2D eigenvalue weighted by molar-refractivity contribution is 1.12. The second-order valence-corrected chi connectivity index (χ2v) is 6.00. The van der Waals surface area contributed by atoms with E-state index in [4.69, 9.17) is 11.6 Å². The molecule has 0 saturated heterocycles. The number of hydrogen-bond acceptors (Lipinski definition) is 3. The van der Waals surface area contributed by atoms with Gasteiger partial charge in [-0.15, -0.1) is 0 Å². The Morgan fingerprint density at radius 3 is 2.86 bits per heavy atom. The van der Waals surface area contributed by atoms with Gasteiger partial charge in [0.05, 0.1) is 21.9 Å². The van der Waals surface area contributed by atoms with Crippen LogP contribution >= 0.6 is 27.5 Å². The van der Waals surface area contributed by atoms with Crippen LogP contribution in [0.4, 0.5) is 5.69 Å². The fraction of sp³-hybridized carbons (Fsp3) is 0.125. The van der Waals surface area contributed by atoms with Gasteiger partial charge in [-0.1, -0.05) is 29.8 Å². The van der Waals surface area contributed by atoms with Crippen LogP contribution in [0.2, 0.25) is 5.15 Å². The number of nitrogens with one attached hydrogen (secondary N) is 1. The molecule has 0 atom stereocenters. The molecule has 0 bridgehead atoms. The van der Waals surface area contributed by atoms with E-state index in [2.05, 4.69) is 43.3 Å². The lowest BCUT2D eigenvalue weighted by Gasteiger charge is -2.10. The van der Waals surface area contributed by atoms with Crippen LogP contribution in [-0.2, 0) is 6.54 Å². The highest BCUT2D eigenvalue weighted by molar-refractivity contribution is 9.10. The minimum Gasteiger partial charge on any atom is -0.380 e. The summed E-state index contributed by atoms with van der Waals surface area (Å²) in [7, 11) is 0. The summed E-state index contributed by atoms with van der Waals surface area (Å²) in [6, 6.07) is 12.2. The van der Waals surface area contributed by atoms with Crippen molar-refractivity contribution in [3.63, 3.8) is 0 Å². The number of aromatic nitrogens is 2. The summed E-state index contributed by atoms with van der Waals surface area (Å²) < 4.78 is 0.782. The number of hydrogen-bond donors (Lipinski definition) is 1. The molecule has 5 heteroatoms. The summed E-state index contributed by atoms with van der Waals surface area (Å²) in [5.74, 6) is 0. The molecule has 3 rings (SSSR count). The third-order valence-corrected chi connectivity index (χ3v) is 4.34. The fourth-order valence-electron chi connectivity index (χ4n) is 2.26. The molecule has 0 aliphatic carbocycles. The van der Waals surface area contributed by atoms with Crippen molar-refractivity contribution in [1.29, 1.82) is 0 Å². The Kier molecular flexibility index (Phi) is 4.08. The largest absolute Gasteiger partial charge is 0.380 e. The normalized spacial score (nSPS) is 10.8. The van der Waals surface area contributed by atoms with Gasteiger partial charge < -0.3 is 5.32 Å². The summed E-state index contributed by atoms with van der Waals surface area (Å²) in [5, 5.41) is 5.00. The smallest absolute Gasteiger partial charge is 0.143 e. The minimum absolute atomic E-state index is 0.464. The monoisotopic (exact) mass is 361 g/mol. The van der Waals surface area contributed by atoms with Crippen LogP contribution < -0.4 is 5.32 Å². The quantitative estimate of drug-likeness (QED) is 0.669. The van der Waals surface area contributed by atoms with E-state index in [-0.39, 0.29) is 0 Å². The molecule has 0 saturated carbocycles. The van der Waals surface area contributed by atoms with E-state index in [0.29, 0.717) is 11.7 Å². The molecule has 3 aromatic rings. The van der Waals surface area contributed by atoms with Gasteiger partial charge in [0, 0.05) is 17.6 Å². The Bertz CT molecular complexity index is 805. The first-order chi connectivity index (χ1) is 10.1. The van der Waals surface area contributed by atoms with E-state index in [0.717, 1.165) is 26.8 Å². The molecular weight excluding hydrogens is 350 g/mol. The van der Waals surface area contributed by atoms with E-state index in [9.17, 15) is 0 Å². The van der Waals surface area contributed by atoms with Gasteiger partial charge in [0.25, 0.3) is 0 Å². The Morgan fingerprint density at radius 1 is 1.24 bits per heavy atom. The summed E-state index contributed by atoms with van der Waals surface area (Å²) in [6.45, 7) is 2.72. The van der Waals surface area contributed by atoms with Crippen LogP contribution in [0, 0.1) is 6.92 Å². The maximum Gasteiger partial charge on any atom is 0.143 e. The lowest BCUT2D eigenvalue weighted by Crippen LogP contribution is -2.02. The Hall–Kier alpha value is -1.65. The Balaban J connectivity index is 1.89. The third kappa shape index (κ3) is 3.17. The van der Waals surface area contributed by atoms with Gasteiger partial charge >= 0.3 is 0 Å². The molecule has 3 nitrogen and oxygen atoms in total. The highest BCUT2D eigenvalue weighted by Crippen LogP contribution is 2.24. The van der Waals surface area contributed by atoms with Gasteiger partial charge in [-0.3, -0.25) is 4.98 Å². The summed E-state index contributed by atoms with van der Waals surface area (Å²) in [6.07, 6.45) is 1.73. The van der Waals surface area contributed by atoms with Gasteiger partial charge in [-0.2, -0.15) is 0 Å². The molecular formula is C16H13BrClN3. The number of pyridine rings is 2. The maximum atomic E-state index is 5.90. The molecule has 106 valence electrons. The number of halogens is 2. The first-order valence-corrected chi connectivity index (χ1v) is 7.71. The number of fused-ring (bicyclic) bond motifs is 1. The zero-order valence-corrected chi connectivity index (χ0v) is 13.7. The van der Waals surface area contributed by atoms with Crippen molar-refractivity contribution in [1.82, 2.24) is 9.97 Å². The molecule has 1 N–H and O–H groups in total. The van der Waals surface area contributed by atoms with Gasteiger partial charge in [0.15, 0.2) is 0 Å². The second-order valence-electron chi connectivity index (χ2n) is 4.79. The van der Waals surface area contributed by atoms with Gasteiger partial charge in [0.2, 0.25) is 0 Å². The second kappa shape index (κ2) is 6.00. The number of rotatable bonds is 3. The minimum atomic E-state index is 0.464. The molecule has 0 unspecified atom stereocenters. The van der Waals surface area contributed by atoms with Gasteiger partial charge in [0.1, 0.15) is 5.15 Å². The standard InChI is InChI=1S/C16H13BrClN3/c1-10-6-11(13-4-2-3-5-15(13)21-10)8-19-12-7-14(17)16(18)20-9-12/h2-7,9,19H,8H2,1H3. The Morgan fingerprint density at radius 2 is 2.05 bits per heavy atom. The topological polar surface area (TPSA) is 37.8 Å². The molecule has 0 amide bonds. The predicted molar refractivity (Wildman–Crippen MR) is 90.8 cm³/mol. The van der Waals surface area contributed by atoms with Crippen LogP contribution in [0.15, 0.2) is 47.1 Å². The first kappa shape index (κ1) is 14.3. The molecule has 0 aliphatic heterocycles. The molecule has 0 fully saturated rings. The number of benzene rings is 1. The Labute approximate surface area is 136 Å². The highest BCUT2D eigenvalue weighted by atomic mass is 79.9. The zero-order chi connectivity index (χ0) is 14.8. The molecule has 0 aliphatic rings. The number of para-hydroxylation sites is 1. The van der Waals surface area contributed by atoms with Crippen LogP contribution in [0.1, 0.15) is 11.3 Å². The van der Waals surface area contributed by atoms with Crippen molar-refractivity contribution < 1.29 is 0 Å². The molecule has 2 aromatic heterocycles. The van der Waals surface area contributed by atoms with Gasteiger partial charge in [-0.05, 0) is 46.6 Å². The maximum absolute atomic E-state index is 5.90. The molecule has 1 aromatic carbocycles. The summed E-state index contributed by atoms with van der Waals surface area (Å²) in [5.41, 5.74) is 4.17. The van der Waals surface area contributed by atoms with E-state index < -0.39 is 0 Å². The zero-order valence-electron chi connectivity index (χ0n) is 11.4. The lowest BCUT2D eigenvalue weighted by atomic mass is 10.1. The summed E-state index contributed by atoms with van der Waals surface area (Å²) >= 11 is 9.28. The van der Waals surface area contributed by atoms with Crippen LogP contribution in [0.5, 0.6) is 0 Å². The number of nitrogens with zero attached hydrogens (tertiary/aromatic N) is 2. The first-order valence-electron chi connectivity index (χ1n) is 6.53. The average molecular weight is 363 g/mol. The van der Waals surface area contributed by atoms with Crippen molar-refractivity contribution >= 4 is 44.1 Å². The van der Waals surface area contributed by atoms with Crippen molar-refractivity contribution in [2.75, 3.05) is 5.32 Å². The highest BCUT2D eigenvalue weighted by Gasteiger charge is 2.05. The number of anilines is 1. The van der Waals surface area contributed by atoms with E-state index in [1.54, 1.807) is 6.20 Å². The van der Waals surface area contributed by atoms with Crippen molar-refractivity contribution in [3.8, 4) is 0 Å².